The van der Waals surface area contributed by atoms with Crippen LogP contribution in [0.2, 0.25) is 4.34 Å². The second kappa shape index (κ2) is 7.04. The summed E-state index contributed by atoms with van der Waals surface area (Å²) in [7, 11) is 0. The highest BCUT2D eigenvalue weighted by molar-refractivity contribution is 7.16. The smallest absolute Gasteiger partial charge is 0.0931 e. The van der Waals surface area contributed by atoms with Gasteiger partial charge in [0, 0.05) is 29.2 Å². The summed E-state index contributed by atoms with van der Waals surface area (Å²) in [6, 6.07) is 8.60. The van der Waals surface area contributed by atoms with Crippen molar-refractivity contribution in [3.8, 4) is 0 Å². The molecular weight excluding hydrogens is 276 g/mol. The summed E-state index contributed by atoms with van der Waals surface area (Å²) in [5, 5.41) is 3.59. The molecule has 102 valence electrons. The molecule has 1 unspecified atom stereocenters. The molecule has 0 spiro atoms. The lowest BCUT2D eigenvalue weighted by molar-refractivity contribution is 0.530. The normalized spacial score (nSPS) is 12.6. The van der Waals surface area contributed by atoms with E-state index in [9.17, 15) is 0 Å². The van der Waals surface area contributed by atoms with Gasteiger partial charge in [0.15, 0.2) is 0 Å². The zero-order chi connectivity index (χ0) is 13.7. The van der Waals surface area contributed by atoms with Crippen LogP contribution >= 0.6 is 22.9 Å². The summed E-state index contributed by atoms with van der Waals surface area (Å²) < 4.78 is 0.853. The third-order valence-corrected chi connectivity index (χ3v) is 4.26. The molecule has 2 heterocycles. The number of rotatable bonds is 6. The summed E-state index contributed by atoms with van der Waals surface area (Å²) in [6.45, 7) is 5.20. The quantitative estimate of drug-likeness (QED) is 0.855. The van der Waals surface area contributed by atoms with Gasteiger partial charge in [-0.15, -0.1) is 11.3 Å². The standard InChI is InChI=1S/C15H19ClN2S/c1-3-8-17-14(9-13-6-7-15(16)19-13)12-5-4-11(2)18-10-12/h4-7,10,14,17H,3,8-9H2,1-2H3. The second-order valence-corrected chi connectivity index (χ2v) is 6.45. The molecular formula is C15H19ClN2S. The lowest BCUT2D eigenvalue weighted by atomic mass is 10.0. The molecule has 0 saturated carbocycles. The van der Waals surface area contributed by atoms with Crippen molar-refractivity contribution in [1.29, 1.82) is 0 Å². The Morgan fingerprint density at radius 2 is 2.16 bits per heavy atom. The van der Waals surface area contributed by atoms with Crippen LogP contribution in [-0.2, 0) is 6.42 Å². The highest BCUT2D eigenvalue weighted by Gasteiger charge is 2.13. The van der Waals surface area contributed by atoms with Gasteiger partial charge < -0.3 is 5.32 Å². The fourth-order valence-electron chi connectivity index (χ4n) is 1.97. The molecule has 19 heavy (non-hydrogen) atoms. The largest absolute Gasteiger partial charge is 0.310 e. The van der Waals surface area contributed by atoms with E-state index in [0.717, 1.165) is 29.4 Å². The van der Waals surface area contributed by atoms with Crippen LogP contribution in [0.25, 0.3) is 0 Å². The number of pyridine rings is 1. The Morgan fingerprint density at radius 3 is 2.74 bits per heavy atom. The van der Waals surface area contributed by atoms with E-state index in [1.807, 2.05) is 19.2 Å². The van der Waals surface area contributed by atoms with E-state index in [-0.39, 0.29) is 0 Å². The average molecular weight is 295 g/mol. The maximum atomic E-state index is 6.00. The molecule has 1 N–H and O–H groups in total. The molecule has 2 aromatic heterocycles. The molecule has 0 aliphatic carbocycles. The molecule has 4 heteroatoms. The van der Waals surface area contributed by atoms with E-state index in [1.165, 1.54) is 10.4 Å². The van der Waals surface area contributed by atoms with Crippen LogP contribution in [0, 0.1) is 6.92 Å². The minimum Gasteiger partial charge on any atom is -0.310 e. The molecule has 0 aliphatic heterocycles. The van der Waals surface area contributed by atoms with Gasteiger partial charge in [0.2, 0.25) is 0 Å². The minimum absolute atomic E-state index is 0.308. The molecule has 2 aromatic rings. The first-order valence-electron chi connectivity index (χ1n) is 6.59. The molecule has 0 saturated heterocycles. The van der Waals surface area contributed by atoms with Crippen molar-refractivity contribution in [3.63, 3.8) is 0 Å². The van der Waals surface area contributed by atoms with Gasteiger partial charge in [0.1, 0.15) is 0 Å². The highest BCUT2D eigenvalue weighted by atomic mass is 35.5. The number of aromatic nitrogens is 1. The molecule has 0 aliphatic rings. The van der Waals surface area contributed by atoms with E-state index in [2.05, 4.69) is 35.4 Å². The number of thiophene rings is 1. The van der Waals surface area contributed by atoms with Crippen LogP contribution in [0.15, 0.2) is 30.5 Å². The minimum atomic E-state index is 0.308. The Morgan fingerprint density at radius 1 is 1.32 bits per heavy atom. The molecule has 0 fully saturated rings. The van der Waals surface area contributed by atoms with Crippen molar-refractivity contribution in [2.45, 2.75) is 32.7 Å². The van der Waals surface area contributed by atoms with Crippen molar-refractivity contribution in [2.24, 2.45) is 0 Å². The number of hydrogen-bond donors (Lipinski definition) is 1. The predicted molar refractivity (Wildman–Crippen MR) is 83.0 cm³/mol. The van der Waals surface area contributed by atoms with Crippen LogP contribution in [0.4, 0.5) is 0 Å². The fraction of sp³-hybridized carbons (Fsp3) is 0.400. The second-order valence-electron chi connectivity index (χ2n) is 4.65. The van der Waals surface area contributed by atoms with Gasteiger partial charge in [-0.25, -0.2) is 0 Å². The van der Waals surface area contributed by atoms with Crippen molar-refractivity contribution >= 4 is 22.9 Å². The van der Waals surface area contributed by atoms with Gasteiger partial charge in [-0.2, -0.15) is 0 Å². The molecule has 2 nitrogen and oxygen atoms in total. The topological polar surface area (TPSA) is 24.9 Å². The van der Waals surface area contributed by atoms with Crippen LogP contribution in [0.1, 0.15) is 35.5 Å². The Kier molecular flexibility index (Phi) is 5.37. The Hall–Kier alpha value is -0.900. The molecule has 2 rings (SSSR count). The van der Waals surface area contributed by atoms with Gasteiger partial charge in [-0.1, -0.05) is 24.6 Å². The number of aryl methyl sites for hydroxylation is 1. The summed E-state index contributed by atoms with van der Waals surface area (Å²) in [5.41, 5.74) is 2.29. The Labute approximate surface area is 123 Å². The molecule has 0 radical (unpaired) electrons. The number of nitrogens with zero attached hydrogens (tertiary/aromatic N) is 1. The first-order chi connectivity index (χ1) is 9.19. The van der Waals surface area contributed by atoms with Gasteiger partial charge in [0.25, 0.3) is 0 Å². The van der Waals surface area contributed by atoms with E-state index < -0.39 is 0 Å². The van der Waals surface area contributed by atoms with Gasteiger partial charge in [-0.05, 0) is 43.7 Å². The van der Waals surface area contributed by atoms with E-state index in [1.54, 1.807) is 11.3 Å². The predicted octanol–water partition coefficient (Wildman–Crippen LogP) is 4.39. The molecule has 1 atom stereocenters. The van der Waals surface area contributed by atoms with Gasteiger partial charge in [0.05, 0.1) is 4.34 Å². The first kappa shape index (κ1) is 14.5. The zero-order valence-corrected chi connectivity index (χ0v) is 12.9. The molecule has 0 amide bonds. The average Bonchev–Trinajstić information content (AvgIpc) is 2.81. The van der Waals surface area contributed by atoms with E-state index >= 15 is 0 Å². The third kappa shape index (κ3) is 4.30. The lowest BCUT2D eigenvalue weighted by Crippen LogP contribution is -2.24. The number of halogens is 1. The van der Waals surface area contributed by atoms with Crippen LogP contribution < -0.4 is 5.32 Å². The van der Waals surface area contributed by atoms with E-state index in [0.29, 0.717) is 6.04 Å². The fourth-order valence-corrected chi connectivity index (χ4v) is 3.11. The lowest BCUT2D eigenvalue weighted by Gasteiger charge is -2.18. The van der Waals surface area contributed by atoms with Crippen molar-refractivity contribution in [2.75, 3.05) is 6.54 Å². The maximum absolute atomic E-state index is 6.00. The summed E-state index contributed by atoms with van der Waals surface area (Å²) in [5.74, 6) is 0. The van der Waals surface area contributed by atoms with Crippen molar-refractivity contribution in [1.82, 2.24) is 10.3 Å². The molecule has 0 aromatic carbocycles. The number of hydrogen-bond acceptors (Lipinski definition) is 3. The maximum Gasteiger partial charge on any atom is 0.0931 e. The van der Waals surface area contributed by atoms with Crippen LogP contribution in [-0.4, -0.2) is 11.5 Å². The van der Waals surface area contributed by atoms with Crippen LogP contribution in [0.3, 0.4) is 0 Å². The van der Waals surface area contributed by atoms with Crippen molar-refractivity contribution in [3.05, 3.63) is 50.9 Å². The summed E-state index contributed by atoms with van der Waals surface area (Å²) >= 11 is 7.65. The first-order valence-corrected chi connectivity index (χ1v) is 7.78. The Balaban J connectivity index is 2.13. The number of nitrogens with one attached hydrogen (secondary N) is 1. The Bertz CT molecular complexity index is 507. The van der Waals surface area contributed by atoms with Gasteiger partial charge in [-0.3, -0.25) is 4.98 Å². The SMILES string of the molecule is CCCNC(Cc1ccc(Cl)s1)c1ccc(C)nc1. The molecule has 0 bridgehead atoms. The van der Waals surface area contributed by atoms with Crippen molar-refractivity contribution < 1.29 is 0 Å². The highest BCUT2D eigenvalue weighted by Crippen LogP contribution is 2.26. The monoisotopic (exact) mass is 294 g/mol. The van der Waals surface area contributed by atoms with Crippen LogP contribution in [0.5, 0.6) is 0 Å². The summed E-state index contributed by atoms with van der Waals surface area (Å²) in [6.07, 6.45) is 4.06. The third-order valence-electron chi connectivity index (χ3n) is 3.01. The van der Waals surface area contributed by atoms with E-state index in [4.69, 9.17) is 11.6 Å². The summed E-state index contributed by atoms with van der Waals surface area (Å²) in [4.78, 5) is 5.70. The van der Waals surface area contributed by atoms with Gasteiger partial charge >= 0.3 is 0 Å². The zero-order valence-electron chi connectivity index (χ0n) is 11.3.